The van der Waals surface area contributed by atoms with Gasteiger partial charge in [-0.05, 0) is 32.0 Å². The van der Waals surface area contributed by atoms with Crippen LogP contribution in [0.25, 0.3) is 11.0 Å². The molecule has 0 fully saturated rings. The van der Waals surface area contributed by atoms with Crippen LogP contribution in [0.5, 0.6) is 5.75 Å². The van der Waals surface area contributed by atoms with Crippen molar-refractivity contribution in [1.29, 1.82) is 0 Å². The summed E-state index contributed by atoms with van der Waals surface area (Å²) in [4.78, 5) is 24.6. The third kappa shape index (κ3) is 4.28. The van der Waals surface area contributed by atoms with E-state index < -0.39 is 11.9 Å². The summed E-state index contributed by atoms with van der Waals surface area (Å²) >= 11 is 0. The van der Waals surface area contributed by atoms with Gasteiger partial charge in [-0.25, -0.2) is 0 Å². The summed E-state index contributed by atoms with van der Waals surface area (Å²) in [5, 5.41) is 6.17. The van der Waals surface area contributed by atoms with Gasteiger partial charge >= 0.3 is 0 Å². The van der Waals surface area contributed by atoms with Gasteiger partial charge in [-0.1, -0.05) is 36.4 Å². The molecular weight excluding hydrogens is 344 g/mol. The molecule has 2 N–H and O–H groups in total. The summed E-state index contributed by atoms with van der Waals surface area (Å²) in [6.45, 7) is 4.13. The van der Waals surface area contributed by atoms with Gasteiger partial charge in [0.2, 0.25) is 5.91 Å². The molecule has 0 aliphatic rings. The predicted octanol–water partition coefficient (Wildman–Crippen LogP) is 3.27. The van der Waals surface area contributed by atoms with E-state index in [1.807, 2.05) is 55.5 Å². The lowest BCUT2D eigenvalue weighted by Gasteiger charge is -2.13. The van der Waals surface area contributed by atoms with Gasteiger partial charge in [-0.15, -0.1) is 0 Å². The standard InChI is InChI=1S/C21H22N2O4/c1-3-22-20(24)14(2)23-21(25)19-17(13-26-15-9-5-4-6-10-15)16-11-7-8-12-18(16)27-19/h4-12,14H,3,13H2,1-2H3,(H,22,24)(H,23,25)/t14-/m1/s1. The van der Waals surface area contributed by atoms with E-state index in [2.05, 4.69) is 10.6 Å². The maximum absolute atomic E-state index is 12.7. The molecule has 1 aromatic heterocycles. The van der Waals surface area contributed by atoms with Crippen molar-refractivity contribution >= 4 is 22.8 Å². The van der Waals surface area contributed by atoms with Gasteiger partial charge in [0.1, 0.15) is 24.0 Å². The highest BCUT2D eigenvalue weighted by Gasteiger charge is 2.24. The molecule has 1 atom stereocenters. The van der Waals surface area contributed by atoms with Crippen LogP contribution in [-0.2, 0) is 11.4 Å². The monoisotopic (exact) mass is 366 g/mol. The number of carbonyl (C=O) groups is 2. The number of amides is 2. The first kappa shape index (κ1) is 18.5. The van der Waals surface area contributed by atoms with Crippen LogP contribution in [0.4, 0.5) is 0 Å². The van der Waals surface area contributed by atoms with Crippen molar-refractivity contribution in [2.24, 2.45) is 0 Å². The molecule has 1 heterocycles. The fraction of sp³-hybridized carbons (Fsp3) is 0.238. The van der Waals surface area contributed by atoms with Crippen molar-refractivity contribution in [3.8, 4) is 5.75 Å². The van der Waals surface area contributed by atoms with Gasteiger partial charge in [0.25, 0.3) is 5.91 Å². The highest BCUT2D eigenvalue weighted by Crippen LogP contribution is 2.27. The number of ether oxygens (including phenoxy) is 1. The quantitative estimate of drug-likeness (QED) is 0.672. The zero-order chi connectivity index (χ0) is 19.2. The fourth-order valence-electron chi connectivity index (χ4n) is 2.75. The Hall–Kier alpha value is -3.28. The first-order chi connectivity index (χ1) is 13.1. The Morgan fingerprint density at radius 3 is 2.52 bits per heavy atom. The molecule has 0 saturated heterocycles. The highest BCUT2D eigenvalue weighted by atomic mass is 16.5. The van der Waals surface area contributed by atoms with Crippen LogP contribution in [0, 0.1) is 0 Å². The Kier molecular flexibility index (Phi) is 5.76. The summed E-state index contributed by atoms with van der Waals surface area (Å²) in [6.07, 6.45) is 0. The second-order valence-electron chi connectivity index (χ2n) is 6.10. The average molecular weight is 366 g/mol. The zero-order valence-electron chi connectivity index (χ0n) is 15.3. The Bertz CT molecular complexity index is 934. The topological polar surface area (TPSA) is 80.6 Å². The Morgan fingerprint density at radius 1 is 1.07 bits per heavy atom. The predicted molar refractivity (Wildman–Crippen MR) is 103 cm³/mol. The summed E-state index contributed by atoms with van der Waals surface area (Å²) < 4.78 is 11.6. The van der Waals surface area contributed by atoms with Crippen LogP contribution in [0.15, 0.2) is 59.0 Å². The van der Waals surface area contributed by atoms with Crippen LogP contribution in [0.3, 0.4) is 0 Å². The number of fused-ring (bicyclic) bond motifs is 1. The summed E-state index contributed by atoms with van der Waals surface area (Å²) in [5.74, 6) is 0.161. The number of likely N-dealkylation sites (N-methyl/N-ethyl adjacent to an activating group) is 1. The second-order valence-corrected chi connectivity index (χ2v) is 6.10. The average Bonchev–Trinajstić information content (AvgIpc) is 3.06. The molecule has 0 aliphatic carbocycles. The van der Waals surface area contributed by atoms with E-state index in [9.17, 15) is 9.59 Å². The van der Waals surface area contributed by atoms with E-state index >= 15 is 0 Å². The van der Waals surface area contributed by atoms with Crippen molar-refractivity contribution < 1.29 is 18.7 Å². The van der Waals surface area contributed by atoms with E-state index in [0.29, 0.717) is 23.4 Å². The van der Waals surface area contributed by atoms with Gasteiger partial charge in [-0.2, -0.15) is 0 Å². The third-order valence-electron chi connectivity index (χ3n) is 4.12. The van der Waals surface area contributed by atoms with Crippen LogP contribution in [0.1, 0.15) is 30.0 Å². The number of hydrogen-bond acceptors (Lipinski definition) is 4. The first-order valence-corrected chi connectivity index (χ1v) is 8.87. The van der Waals surface area contributed by atoms with Gasteiger partial charge in [-0.3, -0.25) is 9.59 Å². The van der Waals surface area contributed by atoms with E-state index in [0.717, 1.165) is 5.39 Å². The molecule has 0 saturated carbocycles. The smallest absolute Gasteiger partial charge is 0.288 e. The highest BCUT2D eigenvalue weighted by molar-refractivity contribution is 6.00. The molecule has 3 rings (SSSR count). The summed E-state index contributed by atoms with van der Waals surface area (Å²) in [7, 11) is 0. The molecule has 0 unspecified atom stereocenters. The SMILES string of the molecule is CCNC(=O)[C@@H](C)NC(=O)c1oc2ccccc2c1COc1ccccc1. The minimum absolute atomic E-state index is 0.156. The van der Waals surface area contributed by atoms with Gasteiger partial charge in [0.05, 0.1) is 0 Å². The maximum atomic E-state index is 12.7. The molecular formula is C21H22N2O4. The van der Waals surface area contributed by atoms with Crippen molar-refractivity contribution in [3.05, 3.63) is 65.9 Å². The lowest BCUT2D eigenvalue weighted by Crippen LogP contribution is -2.44. The number of para-hydroxylation sites is 2. The fourth-order valence-corrected chi connectivity index (χ4v) is 2.75. The molecule has 3 aromatic rings. The molecule has 0 radical (unpaired) electrons. The summed E-state index contributed by atoms with van der Waals surface area (Å²) in [5.41, 5.74) is 1.25. The molecule has 2 amide bonds. The largest absolute Gasteiger partial charge is 0.489 e. The normalized spacial score (nSPS) is 11.8. The molecule has 0 spiro atoms. The molecule has 0 bridgehead atoms. The van der Waals surface area contributed by atoms with E-state index in [-0.39, 0.29) is 18.3 Å². The van der Waals surface area contributed by atoms with Crippen molar-refractivity contribution in [1.82, 2.24) is 10.6 Å². The Morgan fingerprint density at radius 2 is 1.78 bits per heavy atom. The molecule has 0 aliphatic heterocycles. The third-order valence-corrected chi connectivity index (χ3v) is 4.12. The van der Waals surface area contributed by atoms with Crippen LogP contribution < -0.4 is 15.4 Å². The minimum atomic E-state index is -0.673. The molecule has 6 heteroatoms. The molecule has 6 nitrogen and oxygen atoms in total. The Balaban J connectivity index is 1.85. The number of nitrogens with one attached hydrogen (secondary N) is 2. The lowest BCUT2D eigenvalue weighted by molar-refractivity contribution is -0.122. The molecule has 2 aromatic carbocycles. The minimum Gasteiger partial charge on any atom is -0.489 e. The van der Waals surface area contributed by atoms with Gasteiger partial charge < -0.3 is 19.8 Å². The van der Waals surface area contributed by atoms with Gasteiger partial charge in [0, 0.05) is 17.5 Å². The van der Waals surface area contributed by atoms with Crippen LogP contribution >= 0.6 is 0 Å². The van der Waals surface area contributed by atoms with Gasteiger partial charge in [0.15, 0.2) is 5.76 Å². The van der Waals surface area contributed by atoms with E-state index in [1.54, 1.807) is 13.0 Å². The number of furan rings is 1. The second kappa shape index (κ2) is 8.40. The molecule has 140 valence electrons. The Labute approximate surface area is 157 Å². The number of carbonyl (C=O) groups excluding carboxylic acids is 2. The van der Waals surface area contributed by atoms with Crippen molar-refractivity contribution in [2.75, 3.05) is 6.54 Å². The maximum Gasteiger partial charge on any atom is 0.288 e. The lowest BCUT2D eigenvalue weighted by atomic mass is 10.1. The number of rotatable bonds is 7. The zero-order valence-corrected chi connectivity index (χ0v) is 15.3. The molecule has 27 heavy (non-hydrogen) atoms. The first-order valence-electron chi connectivity index (χ1n) is 8.87. The van der Waals surface area contributed by atoms with Crippen LogP contribution in [0.2, 0.25) is 0 Å². The number of hydrogen-bond donors (Lipinski definition) is 2. The van der Waals surface area contributed by atoms with E-state index in [4.69, 9.17) is 9.15 Å². The van der Waals surface area contributed by atoms with Crippen LogP contribution in [-0.4, -0.2) is 24.4 Å². The van der Waals surface area contributed by atoms with Crippen molar-refractivity contribution in [2.45, 2.75) is 26.5 Å². The van der Waals surface area contributed by atoms with E-state index in [1.165, 1.54) is 0 Å². The summed E-state index contributed by atoms with van der Waals surface area (Å²) in [6, 6.07) is 16.1. The van der Waals surface area contributed by atoms with Crippen molar-refractivity contribution in [3.63, 3.8) is 0 Å². The number of benzene rings is 2.